The lowest BCUT2D eigenvalue weighted by molar-refractivity contribution is -0.144. The Morgan fingerprint density at radius 1 is 1.23 bits per heavy atom. The minimum absolute atomic E-state index is 0.0909. The van der Waals surface area contributed by atoms with Crippen molar-refractivity contribution in [2.75, 3.05) is 19.8 Å². The zero-order chi connectivity index (χ0) is 17.8. The second-order valence-electron chi connectivity index (χ2n) is 7.14. The minimum atomic E-state index is -0.0922. The number of hydrogen-bond acceptors (Lipinski definition) is 5. The highest BCUT2D eigenvalue weighted by Crippen LogP contribution is 2.34. The number of hydrogen-bond donors (Lipinski definition) is 1. The Labute approximate surface area is 157 Å². The molecule has 0 aromatic carbocycles. The number of thiophene rings is 1. The third-order valence-electron chi connectivity index (χ3n) is 5.29. The van der Waals surface area contributed by atoms with Gasteiger partial charge in [-0.1, -0.05) is 6.07 Å². The fourth-order valence-corrected chi connectivity index (χ4v) is 4.53. The number of amides is 1. The van der Waals surface area contributed by atoms with E-state index in [0.717, 1.165) is 55.3 Å². The normalized spacial score (nSPS) is 22.4. The highest BCUT2D eigenvalue weighted by molar-refractivity contribution is 7.13. The molecule has 140 valence electrons. The summed E-state index contributed by atoms with van der Waals surface area (Å²) in [5.74, 6) is 1.82. The molecule has 0 bridgehead atoms. The van der Waals surface area contributed by atoms with Crippen LogP contribution in [0.5, 0.6) is 0 Å². The van der Waals surface area contributed by atoms with E-state index in [1.807, 2.05) is 29.6 Å². The summed E-state index contributed by atoms with van der Waals surface area (Å²) in [6.45, 7) is 2.23. The predicted octanol–water partition coefficient (Wildman–Crippen LogP) is 3.79. The monoisotopic (exact) mass is 375 g/mol. The molecule has 5 nitrogen and oxygen atoms in total. The predicted molar refractivity (Wildman–Crippen MR) is 100 cm³/mol. The Morgan fingerprint density at radius 2 is 2.12 bits per heavy atom. The van der Waals surface area contributed by atoms with E-state index in [-0.39, 0.29) is 17.6 Å². The van der Waals surface area contributed by atoms with Crippen molar-refractivity contribution in [2.24, 2.45) is 0 Å². The standard InChI is InChI=1S/C20H25NO4S/c22-19(6-4-16-3-5-17(25-16)18-2-1-13-26-18)21-15-7-10-24-20(14-15)8-11-23-12-9-20/h1-3,5,13,15H,4,6-12,14H2,(H,21,22)/t15-/m0/s1. The Morgan fingerprint density at radius 3 is 2.92 bits per heavy atom. The van der Waals surface area contributed by atoms with Crippen molar-refractivity contribution in [3.05, 3.63) is 35.4 Å². The van der Waals surface area contributed by atoms with Crippen molar-refractivity contribution in [1.29, 1.82) is 0 Å². The molecule has 2 aliphatic heterocycles. The summed E-state index contributed by atoms with van der Waals surface area (Å²) in [5.41, 5.74) is -0.0922. The molecule has 2 aromatic rings. The van der Waals surface area contributed by atoms with Crippen molar-refractivity contribution in [2.45, 2.75) is 50.2 Å². The van der Waals surface area contributed by atoms with Gasteiger partial charge in [-0.2, -0.15) is 0 Å². The first-order valence-electron chi connectivity index (χ1n) is 9.36. The van der Waals surface area contributed by atoms with Crippen LogP contribution in [0.4, 0.5) is 0 Å². The Hall–Kier alpha value is -1.63. The van der Waals surface area contributed by atoms with Gasteiger partial charge in [-0.05, 0) is 49.3 Å². The van der Waals surface area contributed by atoms with E-state index in [1.54, 1.807) is 11.3 Å². The van der Waals surface area contributed by atoms with Gasteiger partial charge in [0.05, 0.1) is 10.5 Å². The fourth-order valence-electron chi connectivity index (χ4n) is 3.84. The Balaban J connectivity index is 1.26. The van der Waals surface area contributed by atoms with Crippen molar-refractivity contribution in [1.82, 2.24) is 5.32 Å². The smallest absolute Gasteiger partial charge is 0.220 e. The van der Waals surface area contributed by atoms with Gasteiger partial charge in [-0.3, -0.25) is 4.79 Å². The summed E-state index contributed by atoms with van der Waals surface area (Å²) in [6.07, 6.45) is 4.71. The van der Waals surface area contributed by atoms with Crippen molar-refractivity contribution in [3.8, 4) is 10.6 Å². The maximum absolute atomic E-state index is 12.4. The lowest BCUT2D eigenvalue weighted by atomic mass is 9.84. The number of rotatable bonds is 5. The first-order chi connectivity index (χ1) is 12.7. The highest BCUT2D eigenvalue weighted by Gasteiger charge is 2.39. The van der Waals surface area contributed by atoms with E-state index < -0.39 is 0 Å². The molecule has 2 aliphatic rings. The van der Waals surface area contributed by atoms with Gasteiger partial charge in [0.25, 0.3) is 0 Å². The second kappa shape index (κ2) is 7.94. The van der Waals surface area contributed by atoms with E-state index in [9.17, 15) is 4.79 Å². The Bertz CT molecular complexity index is 713. The molecule has 2 fully saturated rings. The Kier molecular flexibility index (Phi) is 5.43. The quantitative estimate of drug-likeness (QED) is 0.864. The molecule has 0 saturated carbocycles. The van der Waals surface area contributed by atoms with Crippen LogP contribution >= 0.6 is 11.3 Å². The number of aryl methyl sites for hydroxylation is 1. The van der Waals surface area contributed by atoms with Crippen LogP contribution in [0.25, 0.3) is 10.6 Å². The molecular formula is C20H25NO4S. The third-order valence-corrected chi connectivity index (χ3v) is 6.17. The van der Waals surface area contributed by atoms with E-state index in [1.165, 1.54) is 0 Å². The molecule has 1 atom stereocenters. The van der Waals surface area contributed by atoms with Crippen LogP contribution in [-0.4, -0.2) is 37.4 Å². The average Bonchev–Trinajstić information content (AvgIpc) is 3.32. The molecule has 26 heavy (non-hydrogen) atoms. The minimum Gasteiger partial charge on any atom is -0.460 e. The molecule has 2 aromatic heterocycles. The number of ether oxygens (including phenoxy) is 2. The van der Waals surface area contributed by atoms with Crippen LogP contribution in [0.15, 0.2) is 34.1 Å². The van der Waals surface area contributed by atoms with Gasteiger partial charge in [0.2, 0.25) is 5.91 Å². The van der Waals surface area contributed by atoms with Gasteiger partial charge in [0, 0.05) is 38.7 Å². The van der Waals surface area contributed by atoms with Gasteiger partial charge >= 0.3 is 0 Å². The molecule has 0 aliphatic carbocycles. The van der Waals surface area contributed by atoms with Crippen LogP contribution in [0.3, 0.4) is 0 Å². The number of carbonyl (C=O) groups is 1. The SMILES string of the molecule is O=C(CCc1ccc(-c2cccs2)o1)N[C@H]1CCOC2(CCOCC2)C1. The summed E-state index contributed by atoms with van der Waals surface area (Å²) < 4.78 is 17.3. The van der Waals surface area contributed by atoms with Crippen molar-refractivity contribution in [3.63, 3.8) is 0 Å². The molecular weight excluding hydrogens is 350 g/mol. The van der Waals surface area contributed by atoms with E-state index >= 15 is 0 Å². The van der Waals surface area contributed by atoms with Gasteiger partial charge in [0.1, 0.15) is 11.5 Å². The molecule has 2 saturated heterocycles. The van der Waals surface area contributed by atoms with Gasteiger partial charge in [0.15, 0.2) is 0 Å². The molecule has 0 unspecified atom stereocenters. The van der Waals surface area contributed by atoms with Gasteiger partial charge in [-0.15, -0.1) is 11.3 Å². The zero-order valence-electron chi connectivity index (χ0n) is 14.9. The van der Waals surface area contributed by atoms with Crippen LogP contribution in [0, 0.1) is 0 Å². The molecule has 1 amide bonds. The van der Waals surface area contributed by atoms with Gasteiger partial charge < -0.3 is 19.2 Å². The summed E-state index contributed by atoms with van der Waals surface area (Å²) in [7, 11) is 0. The molecule has 0 radical (unpaired) electrons. The largest absolute Gasteiger partial charge is 0.460 e. The first-order valence-corrected chi connectivity index (χ1v) is 10.2. The molecule has 6 heteroatoms. The summed E-state index contributed by atoms with van der Waals surface area (Å²) >= 11 is 1.65. The lowest BCUT2D eigenvalue weighted by Crippen LogP contribution is -2.51. The van der Waals surface area contributed by atoms with Crippen molar-refractivity contribution >= 4 is 17.2 Å². The molecule has 1 N–H and O–H groups in total. The summed E-state index contributed by atoms with van der Waals surface area (Å²) in [5, 5.41) is 5.23. The number of carbonyl (C=O) groups excluding carboxylic acids is 1. The summed E-state index contributed by atoms with van der Waals surface area (Å²) in [6, 6.07) is 8.19. The third kappa shape index (κ3) is 4.19. The summed E-state index contributed by atoms with van der Waals surface area (Å²) in [4.78, 5) is 13.5. The average molecular weight is 375 g/mol. The van der Waals surface area contributed by atoms with Crippen LogP contribution < -0.4 is 5.32 Å². The topological polar surface area (TPSA) is 60.7 Å². The fraction of sp³-hybridized carbons (Fsp3) is 0.550. The van der Waals surface area contributed by atoms with E-state index in [2.05, 4.69) is 5.32 Å². The van der Waals surface area contributed by atoms with Crippen LogP contribution in [0.2, 0.25) is 0 Å². The van der Waals surface area contributed by atoms with E-state index in [4.69, 9.17) is 13.9 Å². The maximum atomic E-state index is 12.4. The first kappa shape index (κ1) is 17.8. The van der Waals surface area contributed by atoms with E-state index in [0.29, 0.717) is 19.4 Å². The highest BCUT2D eigenvalue weighted by atomic mass is 32.1. The lowest BCUT2D eigenvalue weighted by Gasteiger charge is -2.43. The number of furan rings is 1. The molecule has 1 spiro atoms. The molecule has 4 heterocycles. The van der Waals surface area contributed by atoms with Crippen LogP contribution in [0.1, 0.15) is 37.9 Å². The van der Waals surface area contributed by atoms with Gasteiger partial charge in [-0.25, -0.2) is 0 Å². The maximum Gasteiger partial charge on any atom is 0.220 e. The molecule has 4 rings (SSSR count). The number of nitrogens with one attached hydrogen (secondary N) is 1. The second-order valence-corrected chi connectivity index (χ2v) is 8.09. The zero-order valence-corrected chi connectivity index (χ0v) is 15.7. The van der Waals surface area contributed by atoms with Crippen molar-refractivity contribution < 1.29 is 18.7 Å². The van der Waals surface area contributed by atoms with Crippen LogP contribution in [-0.2, 0) is 20.7 Å².